The molecule has 2 heterocycles. The lowest BCUT2D eigenvalue weighted by molar-refractivity contribution is -0.184. The number of alkyl halides is 3. The number of hydrogen-bond acceptors (Lipinski definition) is 3. The van der Waals surface area contributed by atoms with E-state index < -0.39 is 18.0 Å². The molecule has 1 amide bonds. The summed E-state index contributed by atoms with van der Waals surface area (Å²) >= 11 is 1.33. The van der Waals surface area contributed by atoms with Gasteiger partial charge in [-0.15, -0.1) is 11.3 Å². The van der Waals surface area contributed by atoms with Gasteiger partial charge in [0, 0.05) is 24.0 Å². The second-order valence-corrected chi connectivity index (χ2v) is 7.08. The van der Waals surface area contributed by atoms with Crippen LogP contribution in [0.3, 0.4) is 0 Å². The molecule has 1 fully saturated rings. The van der Waals surface area contributed by atoms with E-state index in [0.717, 1.165) is 12.0 Å². The van der Waals surface area contributed by atoms with Gasteiger partial charge in [-0.1, -0.05) is 31.2 Å². The largest absolute Gasteiger partial charge is 0.393 e. The third kappa shape index (κ3) is 4.03. The number of aryl methyl sites for hydroxylation is 1. The van der Waals surface area contributed by atoms with Gasteiger partial charge in [0.05, 0.1) is 5.92 Å². The van der Waals surface area contributed by atoms with Gasteiger partial charge >= 0.3 is 6.18 Å². The molecule has 25 heavy (non-hydrogen) atoms. The summed E-state index contributed by atoms with van der Waals surface area (Å²) in [7, 11) is 0. The van der Waals surface area contributed by atoms with Gasteiger partial charge in [-0.25, -0.2) is 4.98 Å². The van der Waals surface area contributed by atoms with E-state index >= 15 is 0 Å². The Morgan fingerprint density at radius 3 is 2.68 bits per heavy atom. The first kappa shape index (κ1) is 17.9. The van der Waals surface area contributed by atoms with Gasteiger partial charge in [0.15, 0.2) is 0 Å². The normalized spacial score (nSPS) is 18.4. The summed E-state index contributed by atoms with van der Waals surface area (Å²) in [6, 6.07) is 7.92. The Hall–Kier alpha value is -1.89. The molecule has 0 spiro atoms. The van der Waals surface area contributed by atoms with Crippen LogP contribution in [-0.4, -0.2) is 35.1 Å². The van der Waals surface area contributed by atoms with E-state index in [0.29, 0.717) is 18.0 Å². The van der Waals surface area contributed by atoms with Crippen molar-refractivity contribution in [3.8, 4) is 10.6 Å². The van der Waals surface area contributed by atoms with Gasteiger partial charge in [-0.2, -0.15) is 13.2 Å². The van der Waals surface area contributed by atoms with E-state index in [2.05, 4.69) is 11.9 Å². The molecule has 1 aliphatic rings. The number of amides is 1. The first-order valence-corrected chi connectivity index (χ1v) is 9.17. The molecule has 1 aromatic heterocycles. The van der Waals surface area contributed by atoms with Gasteiger partial charge in [0.1, 0.15) is 10.7 Å². The number of carbonyl (C=O) groups is 1. The lowest BCUT2D eigenvalue weighted by Gasteiger charge is -2.33. The first-order valence-electron chi connectivity index (χ1n) is 8.29. The van der Waals surface area contributed by atoms with Crippen molar-refractivity contribution in [1.82, 2.24) is 9.88 Å². The third-order valence-corrected chi connectivity index (χ3v) is 5.40. The van der Waals surface area contributed by atoms with Gasteiger partial charge in [-0.05, 0) is 24.8 Å². The molecule has 3 nitrogen and oxygen atoms in total. The molecule has 7 heteroatoms. The molecule has 2 aromatic rings. The van der Waals surface area contributed by atoms with Crippen LogP contribution in [0.1, 0.15) is 35.8 Å². The summed E-state index contributed by atoms with van der Waals surface area (Å²) in [4.78, 5) is 18.1. The highest BCUT2D eigenvalue weighted by Gasteiger charge is 2.43. The van der Waals surface area contributed by atoms with Crippen LogP contribution in [0.4, 0.5) is 13.2 Å². The highest BCUT2D eigenvalue weighted by Crippen LogP contribution is 2.34. The van der Waals surface area contributed by atoms with E-state index in [1.807, 2.05) is 24.3 Å². The molecule has 1 aromatic carbocycles. The summed E-state index contributed by atoms with van der Waals surface area (Å²) in [5.74, 6) is -1.86. The molecule has 0 saturated carbocycles. The number of likely N-dealkylation sites (tertiary alicyclic amines) is 1. The molecule has 1 unspecified atom stereocenters. The Bertz CT molecular complexity index is 740. The molecule has 1 saturated heterocycles. The van der Waals surface area contributed by atoms with Crippen LogP contribution in [0.25, 0.3) is 10.6 Å². The van der Waals surface area contributed by atoms with Crippen molar-refractivity contribution in [3.05, 3.63) is 40.9 Å². The van der Waals surface area contributed by atoms with Crippen LogP contribution < -0.4 is 0 Å². The number of nitrogens with zero attached hydrogens (tertiary/aromatic N) is 2. The fourth-order valence-corrected chi connectivity index (χ4v) is 3.78. The van der Waals surface area contributed by atoms with Crippen LogP contribution in [0.5, 0.6) is 0 Å². The SMILES string of the molecule is CCc1ccc(-c2nc(C(=O)N3CCCC(C(F)(F)F)C3)cs2)cc1. The Morgan fingerprint density at radius 1 is 1.32 bits per heavy atom. The quantitative estimate of drug-likeness (QED) is 0.781. The van der Waals surface area contributed by atoms with Crippen molar-refractivity contribution < 1.29 is 18.0 Å². The van der Waals surface area contributed by atoms with Gasteiger partial charge in [0.2, 0.25) is 0 Å². The predicted octanol–water partition coefficient (Wildman–Crippen LogP) is 4.79. The molecule has 0 aliphatic carbocycles. The average Bonchev–Trinajstić information content (AvgIpc) is 3.10. The number of rotatable bonds is 3. The van der Waals surface area contributed by atoms with Gasteiger partial charge < -0.3 is 4.90 Å². The smallest absolute Gasteiger partial charge is 0.337 e. The summed E-state index contributed by atoms with van der Waals surface area (Å²) < 4.78 is 38.7. The van der Waals surface area contributed by atoms with Crippen molar-refractivity contribution in [2.75, 3.05) is 13.1 Å². The van der Waals surface area contributed by atoms with Crippen LogP contribution in [0.15, 0.2) is 29.6 Å². The van der Waals surface area contributed by atoms with Gasteiger partial charge in [-0.3, -0.25) is 4.79 Å². The molecule has 0 N–H and O–H groups in total. The molecular weight excluding hydrogens is 349 g/mol. The van der Waals surface area contributed by atoms with Crippen molar-refractivity contribution in [2.24, 2.45) is 5.92 Å². The number of aromatic nitrogens is 1. The summed E-state index contributed by atoms with van der Waals surface area (Å²) in [6.07, 6.45) is -2.87. The molecule has 1 atom stereocenters. The van der Waals surface area contributed by atoms with E-state index in [-0.39, 0.29) is 18.7 Å². The predicted molar refractivity (Wildman–Crippen MR) is 91.6 cm³/mol. The Balaban J connectivity index is 1.73. The molecule has 3 rings (SSSR count). The zero-order chi connectivity index (χ0) is 18.0. The minimum Gasteiger partial charge on any atom is -0.337 e. The number of carbonyl (C=O) groups excluding carboxylic acids is 1. The molecule has 0 bridgehead atoms. The maximum absolute atomic E-state index is 12.9. The summed E-state index contributed by atoms with van der Waals surface area (Å²) in [5, 5.41) is 2.33. The Labute approximate surface area is 148 Å². The Morgan fingerprint density at radius 2 is 2.04 bits per heavy atom. The summed E-state index contributed by atoms with van der Waals surface area (Å²) in [6.45, 7) is 2.14. The maximum atomic E-state index is 12.9. The highest BCUT2D eigenvalue weighted by molar-refractivity contribution is 7.13. The topological polar surface area (TPSA) is 33.2 Å². The second kappa shape index (κ2) is 7.15. The van der Waals surface area contributed by atoms with Crippen molar-refractivity contribution >= 4 is 17.2 Å². The first-order chi connectivity index (χ1) is 11.9. The lowest BCUT2D eigenvalue weighted by atomic mass is 9.97. The molecule has 134 valence electrons. The molecule has 0 radical (unpaired) electrons. The Kier molecular flexibility index (Phi) is 5.13. The van der Waals surface area contributed by atoms with E-state index in [1.54, 1.807) is 5.38 Å². The number of hydrogen-bond donors (Lipinski definition) is 0. The average molecular weight is 368 g/mol. The molecule has 1 aliphatic heterocycles. The van der Waals surface area contributed by atoms with Crippen LogP contribution in [0.2, 0.25) is 0 Å². The second-order valence-electron chi connectivity index (χ2n) is 6.22. The van der Waals surface area contributed by atoms with Crippen LogP contribution in [-0.2, 0) is 6.42 Å². The standard InChI is InChI=1S/C18H19F3N2OS/c1-2-12-5-7-13(8-6-12)16-22-15(11-25-16)17(24)23-9-3-4-14(10-23)18(19,20)21/h5-8,11,14H,2-4,9-10H2,1H3. The number of halogens is 3. The van der Waals surface area contributed by atoms with E-state index in [1.165, 1.54) is 21.8 Å². The maximum Gasteiger partial charge on any atom is 0.393 e. The zero-order valence-corrected chi connectivity index (χ0v) is 14.7. The monoisotopic (exact) mass is 368 g/mol. The van der Waals surface area contributed by atoms with E-state index in [4.69, 9.17) is 0 Å². The van der Waals surface area contributed by atoms with Gasteiger partial charge in [0.25, 0.3) is 5.91 Å². The molecular formula is C18H19F3N2OS. The third-order valence-electron chi connectivity index (χ3n) is 4.50. The van der Waals surface area contributed by atoms with Crippen molar-refractivity contribution in [2.45, 2.75) is 32.4 Å². The van der Waals surface area contributed by atoms with Crippen molar-refractivity contribution in [1.29, 1.82) is 0 Å². The fraction of sp³-hybridized carbons (Fsp3) is 0.444. The minimum atomic E-state index is -4.26. The van der Waals surface area contributed by atoms with Crippen LogP contribution >= 0.6 is 11.3 Å². The minimum absolute atomic E-state index is 0.0827. The number of benzene rings is 1. The van der Waals surface area contributed by atoms with E-state index in [9.17, 15) is 18.0 Å². The lowest BCUT2D eigenvalue weighted by Crippen LogP contribution is -2.44. The van der Waals surface area contributed by atoms with Crippen LogP contribution in [0, 0.1) is 5.92 Å². The summed E-state index contributed by atoms with van der Waals surface area (Å²) in [5.41, 5.74) is 2.35. The highest BCUT2D eigenvalue weighted by atomic mass is 32.1. The number of thiazole rings is 1. The van der Waals surface area contributed by atoms with Crippen molar-refractivity contribution in [3.63, 3.8) is 0 Å². The fourth-order valence-electron chi connectivity index (χ4n) is 2.98. The zero-order valence-electron chi connectivity index (χ0n) is 13.8. The number of piperidine rings is 1.